The van der Waals surface area contributed by atoms with E-state index < -0.39 is 0 Å². The van der Waals surface area contributed by atoms with E-state index in [4.69, 9.17) is 41.5 Å². The summed E-state index contributed by atoms with van der Waals surface area (Å²) in [5.74, 6) is 1.13. The van der Waals surface area contributed by atoms with E-state index in [-0.39, 0.29) is 22.4 Å². The maximum atomic E-state index is 13.4. The van der Waals surface area contributed by atoms with Gasteiger partial charge in [0, 0.05) is 21.2 Å². The minimum Gasteiger partial charge on any atom is -0.486 e. The summed E-state index contributed by atoms with van der Waals surface area (Å²) in [7, 11) is 0. The van der Waals surface area contributed by atoms with Gasteiger partial charge in [0.1, 0.15) is 11.2 Å². The Morgan fingerprint density at radius 3 is 1.34 bits per heavy atom. The van der Waals surface area contributed by atoms with Crippen LogP contribution in [0.1, 0.15) is 25.7 Å². The van der Waals surface area contributed by atoms with E-state index in [0.29, 0.717) is 69.6 Å². The number of rotatable bonds is 11. The minimum atomic E-state index is -0.259. The molecule has 44 heavy (non-hydrogen) atoms. The van der Waals surface area contributed by atoms with Crippen molar-refractivity contribution >= 4 is 45.1 Å². The molecule has 0 radical (unpaired) electrons. The van der Waals surface area contributed by atoms with Gasteiger partial charge < -0.3 is 18.3 Å². The van der Waals surface area contributed by atoms with Gasteiger partial charge in [-0.05, 0) is 62.1 Å². The highest BCUT2D eigenvalue weighted by Gasteiger charge is 2.19. The molecule has 0 aliphatic heterocycles. The maximum absolute atomic E-state index is 13.4. The van der Waals surface area contributed by atoms with Crippen molar-refractivity contribution in [1.29, 1.82) is 0 Å². The van der Waals surface area contributed by atoms with Crippen molar-refractivity contribution in [3.8, 4) is 34.1 Å². The fourth-order valence-corrected chi connectivity index (χ4v) is 5.37. The standard InChI is InChI=1S/C36H28Cl2O6/c37-25-15-17-29-27(21-25)31(39)35(33(43-29)23-11-5-3-6-12-23)41-19-9-1-2-10-20-42-36-32(40)28-22-26(38)16-18-30(28)44-34(36)24-13-7-4-8-14-24/h3-8,11-18,21-22H,1-2,9-10,19-20H2. The molecule has 222 valence electrons. The zero-order valence-corrected chi connectivity index (χ0v) is 25.2. The molecule has 0 N–H and O–H groups in total. The first-order valence-corrected chi connectivity index (χ1v) is 15.1. The number of fused-ring (bicyclic) bond motifs is 2. The maximum Gasteiger partial charge on any atom is 0.235 e. The molecule has 0 amide bonds. The Bertz CT molecular complexity index is 1890. The van der Waals surface area contributed by atoms with Gasteiger partial charge in [-0.3, -0.25) is 9.59 Å². The Kier molecular flexibility index (Phi) is 9.01. The molecule has 8 heteroatoms. The van der Waals surface area contributed by atoms with Gasteiger partial charge in [0.15, 0.2) is 11.5 Å². The molecule has 0 saturated carbocycles. The lowest BCUT2D eigenvalue weighted by Crippen LogP contribution is -2.12. The fraction of sp³-hybridized carbons (Fsp3) is 0.167. The van der Waals surface area contributed by atoms with Crippen LogP contribution in [0.25, 0.3) is 44.6 Å². The summed E-state index contributed by atoms with van der Waals surface area (Å²) in [6, 6.07) is 28.8. The SMILES string of the molecule is O=c1c(OCCCCCCOc2c(-c3ccccc3)oc3ccc(Cl)cc3c2=O)c(-c2ccccc2)oc2ccc(Cl)cc12. The quantitative estimate of drug-likeness (QED) is 0.133. The fourth-order valence-electron chi connectivity index (χ4n) is 5.03. The zero-order valence-electron chi connectivity index (χ0n) is 23.7. The molecule has 0 spiro atoms. The highest BCUT2D eigenvalue weighted by Crippen LogP contribution is 2.33. The largest absolute Gasteiger partial charge is 0.486 e. The summed E-state index contributed by atoms with van der Waals surface area (Å²) in [6.45, 7) is 0.676. The van der Waals surface area contributed by atoms with Crippen molar-refractivity contribution < 1.29 is 18.3 Å². The molecule has 6 rings (SSSR count). The highest BCUT2D eigenvalue weighted by molar-refractivity contribution is 6.31. The second-order valence-corrected chi connectivity index (χ2v) is 11.2. The van der Waals surface area contributed by atoms with E-state index in [1.54, 1.807) is 36.4 Å². The molecule has 0 bridgehead atoms. The number of hydrogen-bond acceptors (Lipinski definition) is 6. The molecule has 6 nitrogen and oxygen atoms in total. The van der Waals surface area contributed by atoms with Gasteiger partial charge >= 0.3 is 0 Å². The van der Waals surface area contributed by atoms with Gasteiger partial charge in [0.25, 0.3) is 0 Å². The Morgan fingerprint density at radius 2 is 0.932 bits per heavy atom. The first kappa shape index (κ1) is 29.5. The third-order valence-corrected chi connectivity index (χ3v) is 7.70. The number of benzene rings is 4. The molecule has 0 unspecified atom stereocenters. The van der Waals surface area contributed by atoms with E-state index in [1.165, 1.54) is 0 Å². The predicted molar refractivity (Wildman–Crippen MR) is 175 cm³/mol. The molecule has 2 heterocycles. The molecule has 0 fully saturated rings. The van der Waals surface area contributed by atoms with Crippen molar-refractivity contribution in [3.63, 3.8) is 0 Å². The van der Waals surface area contributed by atoms with Gasteiger partial charge in [-0.1, -0.05) is 83.9 Å². The molecule has 4 aromatic carbocycles. The lowest BCUT2D eigenvalue weighted by atomic mass is 10.1. The van der Waals surface area contributed by atoms with Crippen molar-refractivity contribution in [2.24, 2.45) is 0 Å². The minimum absolute atomic E-state index is 0.172. The van der Waals surface area contributed by atoms with Crippen LogP contribution in [0, 0.1) is 0 Å². The smallest absolute Gasteiger partial charge is 0.235 e. The number of ether oxygens (including phenoxy) is 2. The average molecular weight is 628 g/mol. The zero-order chi connectivity index (χ0) is 30.5. The molecular formula is C36H28Cl2O6. The van der Waals surface area contributed by atoms with E-state index in [1.807, 2.05) is 60.7 Å². The number of unbranched alkanes of at least 4 members (excludes halogenated alkanes) is 3. The van der Waals surface area contributed by atoms with Gasteiger partial charge in [-0.2, -0.15) is 0 Å². The molecule has 0 saturated heterocycles. The van der Waals surface area contributed by atoms with Crippen LogP contribution >= 0.6 is 23.2 Å². The summed E-state index contributed by atoms with van der Waals surface area (Å²) in [6.07, 6.45) is 3.10. The Labute approximate surface area is 263 Å². The lowest BCUT2D eigenvalue weighted by Gasteiger charge is -2.13. The predicted octanol–water partition coefficient (Wildman–Crippen LogP) is 9.56. The summed E-state index contributed by atoms with van der Waals surface area (Å²) in [5.41, 5.74) is 1.89. The van der Waals surface area contributed by atoms with Crippen molar-refractivity contribution in [1.82, 2.24) is 0 Å². The first-order valence-electron chi connectivity index (χ1n) is 14.4. The van der Waals surface area contributed by atoms with Crippen LogP contribution < -0.4 is 20.3 Å². The monoisotopic (exact) mass is 626 g/mol. The van der Waals surface area contributed by atoms with Crippen LogP contribution in [-0.2, 0) is 0 Å². The third-order valence-electron chi connectivity index (χ3n) is 7.22. The lowest BCUT2D eigenvalue weighted by molar-refractivity contribution is 0.281. The summed E-state index contributed by atoms with van der Waals surface area (Å²) in [4.78, 5) is 26.7. The number of hydrogen-bond donors (Lipinski definition) is 0. The van der Waals surface area contributed by atoms with Crippen LogP contribution in [0.2, 0.25) is 10.0 Å². The second-order valence-electron chi connectivity index (χ2n) is 10.3. The summed E-state index contributed by atoms with van der Waals surface area (Å²) in [5, 5.41) is 1.65. The Balaban J connectivity index is 1.09. The molecule has 0 aliphatic carbocycles. The molecular weight excluding hydrogens is 599 g/mol. The van der Waals surface area contributed by atoms with Crippen LogP contribution in [0.3, 0.4) is 0 Å². The summed E-state index contributed by atoms with van der Waals surface area (Å²) < 4.78 is 24.3. The van der Waals surface area contributed by atoms with Crippen LogP contribution in [0.5, 0.6) is 11.5 Å². The van der Waals surface area contributed by atoms with E-state index in [2.05, 4.69) is 0 Å². The van der Waals surface area contributed by atoms with Crippen LogP contribution in [-0.4, -0.2) is 13.2 Å². The average Bonchev–Trinajstić information content (AvgIpc) is 3.05. The van der Waals surface area contributed by atoms with Gasteiger partial charge in [0.05, 0.1) is 24.0 Å². The third kappa shape index (κ3) is 6.37. The van der Waals surface area contributed by atoms with E-state index in [0.717, 1.165) is 24.0 Å². The van der Waals surface area contributed by atoms with Gasteiger partial charge in [-0.15, -0.1) is 0 Å². The highest BCUT2D eigenvalue weighted by atomic mass is 35.5. The van der Waals surface area contributed by atoms with Crippen LogP contribution in [0.15, 0.2) is 115 Å². The molecule has 0 aliphatic rings. The Hall–Kier alpha value is -4.52. The Morgan fingerprint density at radius 1 is 0.523 bits per heavy atom. The van der Waals surface area contributed by atoms with Crippen molar-refractivity contribution in [3.05, 3.63) is 128 Å². The van der Waals surface area contributed by atoms with Crippen molar-refractivity contribution in [2.45, 2.75) is 25.7 Å². The van der Waals surface area contributed by atoms with Crippen LogP contribution in [0.4, 0.5) is 0 Å². The van der Waals surface area contributed by atoms with Gasteiger partial charge in [0.2, 0.25) is 22.4 Å². The molecule has 0 atom stereocenters. The first-order chi connectivity index (χ1) is 21.5. The normalized spacial score (nSPS) is 11.2. The summed E-state index contributed by atoms with van der Waals surface area (Å²) >= 11 is 12.3. The van der Waals surface area contributed by atoms with E-state index in [9.17, 15) is 9.59 Å². The number of halogens is 2. The second kappa shape index (κ2) is 13.4. The molecule has 6 aromatic rings. The van der Waals surface area contributed by atoms with E-state index >= 15 is 0 Å². The molecule has 2 aromatic heterocycles. The topological polar surface area (TPSA) is 78.9 Å². The van der Waals surface area contributed by atoms with Crippen molar-refractivity contribution in [2.75, 3.05) is 13.2 Å². The van der Waals surface area contributed by atoms with Gasteiger partial charge in [-0.25, -0.2) is 0 Å².